The van der Waals surface area contributed by atoms with E-state index in [0.29, 0.717) is 11.2 Å². The van der Waals surface area contributed by atoms with Crippen molar-refractivity contribution in [3.63, 3.8) is 0 Å². The van der Waals surface area contributed by atoms with Crippen molar-refractivity contribution in [3.8, 4) is 0 Å². The number of anilines is 1. The predicted octanol–water partition coefficient (Wildman–Crippen LogP) is 4.90. The van der Waals surface area contributed by atoms with E-state index in [9.17, 15) is 4.79 Å². The standard InChI is InChI=1S/C15H18BrN3OS/c16-10-7-8-13-12(9-10)18-15(21-13)19-14(20)17-11-5-3-1-2-4-6-11/h7-9,11H,1-6H2,(H2,17,18,19,20). The minimum Gasteiger partial charge on any atom is -0.335 e. The second kappa shape index (κ2) is 6.75. The Balaban J connectivity index is 1.62. The largest absolute Gasteiger partial charge is 0.335 e. The summed E-state index contributed by atoms with van der Waals surface area (Å²) < 4.78 is 2.07. The van der Waals surface area contributed by atoms with Crippen LogP contribution in [0.1, 0.15) is 38.5 Å². The maximum Gasteiger partial charge on any atom is 0.321 e. The third-order valence-corrected chi connectivity index (χ3v) is 5.21. The SMILES string of the molecule is O=C(Nc1nc2cc(Br)ccc2s1)NC1CCCCCC1. The first-order chi connectivity index (χ1) is 10.2. The fourth-order valence-electron chi connectivity index (χ4n) is 2.70. The molecule has 4 nitrogen and oxygen atoms in total. The first-order valence-corrected chi connectivity index (χ1v) is 8.95. The fraction of sp³-hybridized carbons (Fsp3) is 0.467. The summed E-state index contributed by atoms with van der Waals surface area (Å²) in [5.41, 5.74) is 0.902. The fourth-order valence-corrected chi connectivity index (χ4v) is 3.89. The van der Waals surface area contributed by atoms with Gasteiger partial charge in [-0.3, -0.25) is 5.32 Å². The number of hydrogen-bond acceptors (Lipinski definition) is 3. The molecule has 2 amide bonds. The van der Waals surface area contributed by atoms with Crippen LogP contribution in [0.4, 0.5) is 9.93 Å². The Labute approximate surface area is 136 Å². The van der Waals surface area contributed by atoms with Crippen molar-refractivity contribution >= 4 is 48.6 Å². The van der Waals surface area contributed by atoms with Crippen LogP contribution in [0.5, 0.6) is 0 Å². The Morgan fingerprint density at radius 2 is 2.00 bits per heavy atom. The summed E-state index contributed by atoms with van der Waals surface area (Å²) in [5.74, 6) is 0. The molecule has 112 valence electrons. The van der Waals surface area contributed by atoms with E-state index in [1.54, 1.807) is 0 Å². The molecule has 21 heavy (non-hydrogen) atoms. The average Bonchev–Trinajstić information content (AvgIpc) is 2.66. The minimum absolute atomic E-state index is 0.139. The molecule has 2 N–H and O–H groups in total. The van der Waals surface area contributed by atoms with Crippen molar-refractivity contribution in [2.45, 2.75) is 44.6 Å². The average molecular weight is 368 g/mol. The van der Waals surface area contributed by atoms with Gasteiger partial charge in [0.05, 0.1) is 10.2 Å². The Kier molecular flexibility index (Phi) is 4.75. The molecule has 3 rings (SSSR count). The molecule has 0 unspecified atom stereocenters. The van der Waals surface area contributed by atoms with Gasteiger partial charge in [-0.2, -0.15) is 0 Å². The first kappa shape index (κ1) is 14.8. The number of fused-ring (bicyclic) bond motifs is 1. The number of amides is 2. The highest BCUT2D eigenvalue weighted by molar-refractivity contribution is 9.10. The van der Waals surface area contributed by atoms with Crippen LogP contribution in [0.25, 0.3) is 10.2 Å². The van der Waals surface area contributed by atoms with Gasteiger partial charge < -0.3 is 5.32 Å². The Morgan fingerprint density at radius 3 is 2.76 bits per heavy atom. The molecule has 1 aliphatic carbocycles. The second-order valence-electron chi connectivity index (χ2n) is 5.42. The van der Waals surface area contributed by atoms with E-state index in [2.05, 4.69) is 31.5 Å². The number of carbonyl (C=O) groups is 1. The van der Waals surface area contributed by atoms with Gasteiger partial charge in [0, 0.05) is 10.5 Å². The van der Waals surface area contributed by atoms with E-state index in [1.807, 2.05) is 18.2 Å². The molecule has 0 bridgehead atoms. The van der Waals surface area contributed by atoms with Gasteiger partial charge >= 0.3 is 6.03 Å². The van der Waals surface area contributed by atoms with Gasteiger partial charge in [-0.05, 0) is 31.0 Å². The lowest BCUT2D eigenvalue weighted by Crippen LogP contribution is -2.37. The van der Waals surface area contributed by atoms with Gasteiger partial charge in [-0.1, -0.05) is 53.0 Å². The summed E-state index contributed by atoms with van der Waals surface area (Å²) in [4.78, 5) is 16.5. The topological polar surface area (TPSA) is 54.0 Å². The third-order valence-electron chi connectivity index (χ3n) is 3.76. The molecular weight excluding hydrogens is 350 g/mol. The van der Waals surface area contributed by atoms with E-state index < -0.39 is 0 Å². The smallest absolute Gasteiger partial charge is 0.321 e. The molecule has 1 aliphatic rings. The molecule has 0 atom stereocenters. The normalized spacial score (nSPS) is 16.6. The van der Waals surface area contributed by atoms with Crippen LogP contribution >= 0.6 is 27.3 Å². The van der Waals surface area contributed by atoms with Crippen LogP contribution in [-0.4, -0.2) is 17.1 Å². The number of nitrogens with zero attached hydrogens (tertiary/aromatic N) is 1. The molecule has 1 aromatic heterocycles. The van der Waals surface area contributed by atoms with Crippen LogP contribution in [0.3, 0.4) is 0 Å². The summed E-state index contributed by atoms with van der Waals surface area (Å²) >= 11 is 4.93. The molecular formula is C15H18BrN3OS. The number of thiazole rings is 1. The first-order valence-electron chi connectivity index (χ1n) is 7.34. The number of benzene rings is 1. The van der Waals surface area contributed by atoms with E-state index in [1.165, 1.54) is 37.0 Å². The van der Waals surface area contributed by atoms with Crippen molar-refractivity contribution < 1.29 is 4.79 Å². The number of halogens is 1. The van der Waals surface area contributed by atoms with Crippen LogP contribution in [-0.2, 0) is 0 Å². The molecule has 1 fully saturated rings. The van der Waals surface area contributed by atoms with Gasteiger partial charge in [0.25, 0.3) is 0 Å². The van der Waals surface area contributed by atoms with Gasteiger partial charge in [0.2, 0.25) is 0 Å². The number of nitrogens with one attached hydrogen (secondary N) is 2. The minimum atomic E-state index is -0.139. The Morgan fingerprint density at radius 1 is 1.24 bits per heavy atom. The quantitative estimate of drug-likeness (QED) is 0.741. The molecule has 1 aromatic carbocycles. The van der Waals surface area contributed by atoms with Gasteiger partial charge in [0.15, 0.2) is 5.13 Å². The number of urea groups is 1. The zero-order chi connectivity index (χ0) is 14.7. The van der Waals surface area contributed by atoms with Crippen LogP contribution in [0.15, 0.2) is 22.7 Å². The number of aromatic nitrogens is 1. The van der Waals surface area contributed by atoms with Crippen LogP contribution < -0.4 is 10.6 Å². The van der Waals surface area contributed by atoms with Crippen molar-refractivity contribution in [1.82, 2.24) is 10.3 Å². The number of rotatable bonds is 2. The van der Waals surface area contributed by atoms with Gasteiger partial charge in [-0.25, -0.2) is 9.78 Å². The Bertz CT molecular complexity index is 635. The van der Waals surface area contributed by atoms with E-state index >= 15 is 0 Å². The Hall–Kier alpha value is -1.14. The van der Waals surface area contributed by atoms with E-state index in [4.69, 9.17) is 0 Å². The molecule has 1 heterocycles. The lowest BCUT2D eigenvalue weighted by Gasteiger charge is -2.15. The predicted molar refractivity (Wildman–Crippen MR) is 91.0 cm³/mol. The van der Waals surface area contributed by atoms with E-state index in [-0.39, 0.29) is 6.03 Å². The summed E-state index contributed by atoms with van der Waals surface area (Å²) in [6.45, 7) is 0. The summed E-state index contributed by atoms with van der Waals surface area (Å²) in [6.07, 6.45) is 7.15. The molecule has 0 saturated heterocycles. The van der Waals surface area contributed by atoms with Crippen molar-refractivity contribution in [3.05, 3.63) is 22.7 Å². The lowest BCUT2D eigenvalue weighted by atomic mass is 10.1. The van der Waals surface area contributed by atoms with Gasteiger partial charge in [-0.15, -0.1) is 0 Å². The zero-order valence-corrected chi connectivity index (χ0v) is 14.1. The van der Waals surface area contributed by atoms with Crippen molar-refractivity contribution in [1.29, 1.82) is 0 Å². The zero-order valence-electron chi connectivity index (χ0n) is 11.7. The van der Waals surface area contributed by atoms with Crippen molar-refractivity contribution in [2.75, 3.05) is 5.32 Å². The number of hydrogen-bond donors (Lipinski definition) is 2. The van der Waals surface area contributed by atoms with Crippen LogP contribution in [0, 0.1) is 0 Å². The maximum absolute atomic E-state index is 12.1. The number of carbonyl (C=O) groups excluding carboxylic acids is 1. The molecule has 1 saturated carbocycles. The molecule has 0 aliphatic heterocycles. The molecule has 0 radical (unpaired) electrons. The van der Waals surface area contributed by atoms with E-state index in [0.717, 1.165) is 27.5 Å². The lowest BCUT2D eigenvalue weighted by molar-refractivity contribution is 0.247. The third kappa shape index (κ3) is 3.95. The second-order valence-corrected chi connectivity index (χ2v) is 7.36. The van der Waals surface area contributed by atoms with Crippen molar-refractivity contribution in [2.24, 2.45) is 0 Å². The maximum atomic E-state index is 12.1. The summed E-state index contributed by atoms with van der Waals surface area (Å²) in [5, 5.41) is 6.58. The monoisotopic (exact) mass is 367 g/mol. The molecule has 2 aromatic rings. The molecule has 0 spiro atoms. The van der Waals surface area contributed by atoms with Crippen LogP contribution in [0.2, 0.25) is 0 Å². The van der Waals surface area contributed by atoms with Gasteiger partial charge in [0.1, 0.15) is 0 Å². The highest BCUT2D eigenvalue weighted by Gasteiger charge is 2.15. The summed E-state index contributed by atoms with van der Waals surface area (Å²) in [7, 11) is 0. The molecule has 6 heteroatoms. The highest BCUT2D eigenvalue weighted by Crippen LogP contribution is 2.28. The highest BCUT2D eigenvalue weighted by atomic mass is 79.9. The summed E-state index contributed by atoms with van der Waals surface area (Å²) in [6, 6.07) is 6.11.